The second-order valence-corrected chi connectivity index (χ2v) is 12.5. The van der Waals surface area contributed by atoms with E-state index in [-0.39, 0.29) is 17.4 Å². The lowest BCUT2D eigenvalue weighted by Gasteiger charge is -2.24. The van der Waals surface area contributed by atoms with Gasteiger partial charge in [-0.05, 0) is 54.3 Å². The second kappa shape index (κ2) is 10.9. The van der Waals surface area contributed by atoms with Gasteiger partial charge in [0.25, 0.3) is 17.4 Å². The molecule has 1 atom stereocenters. The minimum atomic E-state index is -0.689. The molecule has 0 radical (unpaired) electrons. The average molecular weight is 623 g/mol. The summed E-state index contributed by atoms with van der Waals surface area (Å²) in [6.45, 7) is 2.11. The van der Waals surface area contributed by atoms with Crippen molar-refractivity contribution >= 4 is 63.0 Å². The lowest BCUT2D eigenvalue weighted by atomic mass is 10.0. The molecule has 2 aliphatic rings. The fourth-order valence-corrected chi connectivity index (χ4v) is 7.61. The molecular formula is C33H23ClN4O3S2. The molecule has 212 valence electrons. The number of anilines is 2. The van der Waals surface area contributed by atoms with Gasteiger partial charge < -0.3 is 10.2 Å². The van der Waals surface area contributed by atoms with Crippen LogP contribution in [0.25, 0.3) is 5.57 Å². The Hall–Kier alpha value is -4.57. The van der Waals surface area contributed by atoms with Gasteiger partial charge in [0, 0.05) is 21.2 Å². The smallest absolute Gasteiger partial charge is 0.272 e. The zero-order chi connectivity index (χ0) is 29.7. The zero-order valence-corrected chi connectivity index (χ0v) is 25.2. The summed E-state index contributed by atoms with van der Waals surface area (Å²) in [5.74, 6) is -0.591. The van der Waals surface area contributed by atoms with Crippen LogP contribution in [0.4, 0.5) is 11.4 Å². The summed E-state index contributed by atoms with van der Waals surface area (Å²) in [6, 6.07) is 27.1. The SMILES string of the molecule is CC1=C(C(=O)Nc2ccccc2)[C@@H](c2cccs2)n2c(s/c(=C3/C(=O)N(Cc4ccc(Cl)cc4)c4ccccc43)c2=O)=N1. The summed E-state index contributed by atoms with van der Waals surface area (Å²) in [4.78, 5) is 49.8. The van der Waals surface area contributed by atoms with Crippen LogP contribution < -0.4 is 25.1 Å². The van der Waals surface area contributed by atoms with E-state index in [4.69, 9.17) is 16.6 Å². The first-order valence-electron chi connectivity index (χ1n) is 13.5. The van der Waals surface area contributed by atoms with Gasteiger partial charge in [0.15, 0.2) is 4.80 Å². The lowest BCUT2D eigenvalue weighted by molar-refractivity contribution is -0.114. The van der Waals surface area contributed by atoms with E-state index in [1.54, 1.807) is 28.5 Å². The van der Waals surface area contributed by atoms with Gasteiger partial charge >= 0.3 is 0 Å². The normalized spacial score (nSPS) is 17.0. The number of rotatable bonds is 5. The van der Waals surface area contributed by atoms with E-state index < -0.39 is 6.04 Å². The van der Waals surface area contributed by atoms with Crippen molar-refractivity contribution in [2.24, 2.45) is 4.99 Å². The van der Waals surface area contributed by atoms with Crippen molar-refractivity contribution in [3.05, 3.63) is 148 Å². The Labute approximate surface area is 259 Å². The number of allylic oxidation sites excluding steroid dienone is 1. The number of aromatic nitrogens is 1. The van der Waals surface area contributed by atoms with Crippen molar-refractivity contribution < 1.29 is 9.59 Å². The molecule has 2 aliphatic heterocycles. The third-order valence-electron chi connectivity index (χ3n) is 7.49. The largest absolute Gasteiger partial charge is 0.322 e. The highest BCUT2D eigenvalue weighted by Gasteiger charge is 2.37. The van der Waals surface area contributed by atoms with E-state index >= 15 is 0 Å². The van der Waals surface area contributed by atoms with Crippen LogP contribution in [-0.4, -0.2) is 16.4 Å². The minimum Gasteiger partial charge on any atom is -0.322 e. The van der Waals surface area contributed by atoms with Crippen LogP contribution in [0, 0.1) is 0 Å². The summed E-state index contributed by atoms with van der Waals surface area (Å²) in [7, 11) is 0. The number of fused-ring (bicyclic) bond motifs is 2. The summed E-state index contributed by atoms with van der Waals surface area (Å²) in [6.07, 6.45) is 0. The second-order valence-electron chi connectivity index (χ2n) is 10.1. The molecule has 43 heavy (non-hydrogen) atoms. The highest BCUT2D eigenvalue weighted by Crippen LogP contribution is 2.37. The number of amides is 2. The highest BCUT2D eigenvalue weighted by atomic mass is 35.5. The number of nitrogens with zero attached hydrogens (tertiary/aromatic N) is 3. The van der Waals surface area contributed by atoms with E-state index in [2.05, 4.69) is 5.32 Å². The Morgan fingerprint density at radius 1 is 0.953 bits per heavy atom. The van der Waals surface area contributed by atoms with Gasteiger partial charge in [0.1, 0.15) is 10.6 Å². The van der Waals surface area contributed by atoms with E-state index in [0.717, 1.165) is 16.1 Å². The number of halogens is 1. The number of thiophene rings is 1. The molecule has 3 aromatic carbocycles. The van der Waals surface area contributed by atoms with Crippen molar-refractivity contribution in [3.63, 3.8) is 0 Å². The van der Waals surface area contributed by atoms with Crippen LogP contribution in [0.15, 0.2) is 117 Å². The molecule has 5 aromatic rings. The Morgan fingerprint density at radius 2 is 1.70 bits per heavy atom. The van der Waals surface area contributed by atoms with Crippen LogP contribution in [0.2, 0.25) is 5.02 Å². The van der Waals surface area contributed by atoms with Crippen molar-refractivity contribution in [3.8, 4) is 0 Å². The summed E-state index contributed by atoms with van der Waals surface area (Å²) < 4.78 is 1.86. The van der Waals surface area contributed by atoms with Gasteiger partial charge in [-0.3, -0.25) is 19.0 Å². The van der Waals surface area contributed by atoms with Gasteiger partial charge in [-0.15, -0.1) is 11.3 Å². The summed E-state index contributed by atoms with van der Waals surface area (Å²) >= 11 is 8.72. The van der Waals surface area contributed by atoms with Crippen molar-refractivity contribution in [1.82, 2.24) is 4.57 Å². The molecule has 7 nitrogen and oxygen atoms in total. The van der Waals surface area contributed by atoms with Gasteiger partial charge in [-0.1, -0.05) is 77.5 Å². The quantitative estimate of drug-likeness (QED) is 0.281. The molecule has 0 saturated carbocycles. The predicted molar refractivity (Wildman–Crippen MR) is 171 cm³/mol. The lowest BCUT2D eigenvalue weighted by Crippen LogP contribution is -2.41. The average Bonchev–Trinajstić information content (AvgIpc) is 3.72. The molecule has 4 heterocycles. The first-order chi connectivity index (χ1) is 20.9. The number of benzene rings is 3. The maximum absolute atomic E-state index is 14.4. The first kappa shape index (κ1) is 27.3. The third kappa shape index (κ3) is 4.75. The molecule has 0 unspecified atom stereocenters. The molecule has 7 rings (SSSR count). The van der Waals surface area contributed by atoms with Gasteiger partial charge in [-0.25, -0.2) is 4.99 Å². The standard InChI is InChI=1S/C33H23ClN4O3S2/c1-19-26(30(39)36-22-8-3-2-4-9-22)28(25-12-7-17-42-25)38-32(41)29(43-33(38)35-19)27-23-10-5-6-11-24(23)37(31(27)40)18-20-13-15-21(34)16-14-20/h2-17,28H,18H2,1H3,(H,36,39)/b29-27+/t28-/m1/s1. The molecule has 0 bridgehead atoms. The monoisotopic (exact) mass is 622 g/mol. The van der Waals surface area contributed by atoms with E-state index in [1.165, 1.54) is 22.7 Å². The molecule has 0 aliphatic carbocycles. The first-order valence-corrected chi connectivity index (χ1v) is 15.6. The number of thiazole rings is 1. The van der Waals surface area contributed by atoms with E-state index in [1.807, 2.05) is 84.2 Å². The van der Waals surface area contributed by atoms with Crippen molar-refractivity contribution in [2.45, 2.75) is 19.5 Å². The molecule has 10 heteroatoms. The van der Waals surface area contributed by atoms with Crippen molar-refractivity contribution in [1.29, 1.82) is 0 Å². The Kier molecular flexibility index (Phi) is 6.93. The van der Waals surface area contributed by atoms with Gasteiger partial charge in [-0.2, -0.15) is 0 Å². The third-order valence-corrected chi connectivity index (χ3v) is 9.72. The van der Waals surface area contributed by atoms with Crippen LogP contribution in [0.5, 0.6) is 0 Å². The number of para-hydroxylation sites is 2. The molecular weight excluding hydrogens is 600 g/mol. The van der Waals surface area contributed by atoms with Crippen LogP contribution in [-0.2, 0) is 16.1 Å². The molecule has 0 spiro atoms. The number of hydrogen-bond acceptors (Lipinski definition) is 6. The number of nitrogens with one attached hydrogen (secondary N) is 1. The molecule has 0 saturated heterocycles. The van der Waals surface area contributed by atoms with Gasteiger partial charge in [0.2, 0.25) is 0 Å². The van der Waals surface area contributed by atoms with Crippen LogP contribution >= 0.6 is 34.3 Å². The fourth-order valence-electron chi connectivity index (χ4n) is 5.53. The number of carbonyl (C=O) groups excluding carboxylic acids is 2. The van der Waals surface area contributed by atoms with Crippen molar-refractivity contribution in [2.75, 3.05) is 10.2 Å². The van der Waals surface area contributed by atoms with Crippen LogP contribution in [0.1, 0.15) is 29.0 Å². The predicted octanol–water partition coefficient (Wildman–Crippen LogP) is 5.51. The maximum atomic E-state index is 14.4. The summed E-state index contributed by atoms with van der Waals surface area (Å²) in [5, 5.41) is 5.49. The highest BCUT2D eigenvalue weighted by molar-refractivity contribution is 7.10. The molecule has 0 fully saturated rings. The summed E-state index contributed by atoms with van der Waals surface area (Å²) in [5.41, 5.74) is 3.88. The Morgan fingerprint density at radius 3 is 2.44 bits per heavy atom. The number of carbonyl (C=O) groups is 2. The zero-order valence-electron chi connectivity index (χ0n) is 22.8. The Bertz CT molecular complexity index is 2110. The minimum absolute atomic E-state index is 0.258. The molecule has 2 amide bonds. The van der Waals surface area contributed by atoms with E-state index in [9.17, 15) is 14.4 Å². The maximum Gasteiger partial charge on any atom is 0.272 e. The Balaban J connectivity index is 1.38. The number of hydrogen-bond donors (Lipinski definition) is 1. The van der Waals surface area contributed by atoms with Gasteiger partial charge in [0.05, 0.1) is 29.1 Å². The van der Waals surface area contributed by atoms with Crippen LogP contribution in [0.3, 0.4) is 0 Å². The fraction of sp³-hybridized carbons (Fsp3) is 0.0909. The topological polar surface area (TPSA) is 83.8 Å². The molecule has 2 aromatic heterocycles. The molecule has 1 N–H and O–H groups in total. The van der Waals surface area contributed by atoms with E-state index in [0.29, 0.717) is 49.0 Å².